The lowest BCUT2D eigenvalue weighted by Gasteiger charge is -2.19. The number of hydrogen-bond acceptors (Lipinski definition) is 3. The highest BCUT2D eigenvalue weighted by atomic mass is 16.2. The Morgan fingerprint density at radius 3 is 2.55 bits per heavy atom. The number of nitrogens with zero attached hydrogens (tertiary/aromatic N) is 2. The fourth-order valence-electron chi connectivity index (χ4n) is 1.84. The summed E-state index contributed by atoms with van der Waals surface area (Å²) >= 11 is 0. The van der Waals surface area contributed by atoms with Gasteiger partial charge in [0.1, 0.15) is 6.61 Å². The van der Waals surface area contributed by atoms with Crippen LogP contribution in [-0.4, -0.2) is 61.7 Å². The molecule has 0 radical (unpaired) electrons. The van der Waals surface area contributed by atoms with E-state index in [9.17, 15) is 4.79 Å². The van der Waals surface area contributed by atoms with E-state index in [0.29, 0.717) is 17.7 Å². The van der Waals surface area contributed by atoms with Crippen molar-refractivity contribution in [2.24, 2.45) is 0 Å². The van der Waals surface area contributed by atoms with Gasteiger partial charge in [0.25, 0.3) is 5.91 Å². The molecule has 0 heterocycles. The molecule has 0 aliphatic carbocycles. The zero-order valence-electron chi connectivity index (χ0n) is 12.4. The van der Waals surface area contributed by atoms with Crippen LogP contribution in [0.4, 0.5) is 0 Å². The molecule has 1 amide bonds. The molecule has 0 aliphatic rings. The maximum Gasteiger partial charge on any atom is 0.254 e. The Kier molecular flexibility index (Phi) is 6.78. The lowest BCUT2D eigenvalue weighted by Crippen LogP contribution is -2.30. The average Bonchev–Trinajstić information content (AvgIpc) is 2.44. The van der Waals surface area contributed by atoms with Crippen molar-refractivity contribution in [3.05, 3.63) is 35.4 Å². The molecular weight excluding hydrogens is 252 g/mol. The van der Waals surface area contributed by atoms with Crippen molar-refractivity contribution in [1.82, 2.24) is 9.80 Å². The molecule has 0 fully saturated rings. The molecule has 0 atom stereocenters. The molecule has 1 aromatic rings. The zero-order valence-corrected chi connectivity index (χ0v) is 12.4. The summed E-state index contributed by atoms with van der Waals surface area (Å²) in [5.74, 6) is 5.37. The van der Waals surface area contributed by atoms with Gasteiger partial charge in [0.05, 0.1) is 5.56 Å². The van der Waals surface area contributed by atoms with Crippen molar-refractivity contribution in [2.75, 3.05) is 40.8 Å². The highest BCUT2D eigenvalue weighted by molar-refractivity contribution is 5.96. The van der Waals surface area contributed by atoms with Gasteiger partial charge in [0, 0.05) is 19.2 Å². The number of hydrogen-bond donors (Lipinski definition) is 1. The van der Waals surface area contributed by atoms with Crippen LogP contribution in [0.25, 0.3) is 0 Å². The van der Waals surface area contributed by atoms with Gasteiger partial charge in [-0.05, 0) is 39.2 Å². The van der Waals surface area contributed by atoms with Crippen LogP contribution in [0.3, 0.4) is 0 Å². The van der Waals surface area contributed by atoms with Gasteiger partial charge in [-0.1, -0.05) is 24.0 Å². The lowest BCUT2D eigenvalue weighted by molar-refractivity contribution is 0.0790. The molecule has 0 saturated carbocycles. The molecule has 0 spiro atoms. The van der Waals surface area contributed by atoms with Crippen LogP contribution in [0, 0.1) is 11.8 Å². The summed E-state index contributed by atoms with van der Waals surface area (Å²) in [6, 6.07) is 7.23. The van der Waals surface area contributed by atoms with Gasteiger partial charge in [-0.25, -0.2) is 0 Å². The molecule has 0 aliphatic heterocycles. The molecule has 20 heavy (non-hydrogen) atoms. The van der Waals surface area contributed by atoms with Crippen LogP contribution in [0.1, 0.15) is 22.3 Å². The highest BCUT2D eigenvalue weighted by Gasteiger charge is 2.14. The number of aliphatic hydroxyl groups is 1. The molecule has 0 aromatic heterocycles. The Bertz CT molecular complexity index is 501. The molecule has 1 N–H and O–H groups in total. The fraction of sp³-hybridized carbons (Fsp3) is 0.438. The third kappa shape index (κ3) is 5.04. The summed E-state index contributed by atoms with van der Waals surface area (Å²) < 4.78 is 0. The van der Waals surface area contributed by atoms with Gasteiger partial charge in [-0.3, -0.25) is 4.79 Å². The molecule has 0 bridgehead atoms. The number of carbonyl (C=O) groups excluding carboxylic acids is 1. The first-order valence-electron chi connectivity index (χ1n) is 6.65. The summed E-state index contributed by atoms with van der Waals surface area (Å²) in [5.41, 5.74) is 1.24. The minimum Gasteiger partial charge on any atom is -0.384 e. The number of benzene rings is 1. The largest absolute Gasteiger partial charge is 0.384 e. The van der Waals surface area contributed by atoms with Crippen LogP contribution in [0.15, 0.2) is 24.3 Å². The van der Waals surface area contributed by atoms with Crippen LogP contribution in [0.5, 0.6) is 0 Å². The smallest absolute Gasteiger partial charge is 0.254 e. The van der Waals surface area contributed by atoms with E-state index < -0.39 is 0 Å². The first-order valence-corrected chi connectivity index (χ1v) is 6.65. The van der Waals surface area contributed by atoms with Crippen molar-refractivity contribution in [3.8, 4) is 11.8 Å². The van der Waals surface area contributed by atoms with Crippen molar-refractivity contribution >= 4 is 5.91 Å². The second kappa shape index (κ2) is 8.36. The van der Waals surface area contributed by atoms with Crippen molar-refractivity contribution < 1.29 is 9.90 Å². The van der Waals surface area contributed by atoms with Gasteiger partial charge in [-0.2, -0.15) is 0 Å². The van der Waals surface area contributed by atoms with Crippen LogP contribution in [0.2, 0.25) is 0 Å². The van der Waals surface area contributed by atoms with Gasteiger partial charge in [-0.15, -0.1) is 0 Å². The minimum absolute atomic E-state index is 0.0356. The van der Waals surface area contributed by atoms with Crippen molar-refractivity contribution in [2.45, 2.75) is 6.42 Å². The van der Waals surface area contributed by atoms with Gasteiger partial charge >= 0.3 is 0 Å². The fourth-order valence-corrected chi connectivity index (χ4v) is 1.84. The molecule has 1 aromatic carbocycles. The first kappa shape index (κ1) is 16.2. The van der Waals surface area contributed by atoms with E-state index in [4.69, 9.17) is 5.11 Å². The van der Waals surface area contributed by atoms with E-state index in [1.54, 1.807) is 24.1 Å². The summed E-state index contributed by atoms with van der Waals surface area (Å²) in [7, 11) is 5.83. The summed E-state index contributed by atoms with van der Waals surface area (Å²) in [6.07, 6.45) is 0.930. The summed E-state index contributed by atoms with van der Waals surface area (Å²) in [6.45, 7) is 1.45. The summed E-state index contributed by atoms with van der Waals surface area (Å²) in [5, 5.41) is 8.76. The molecule has 4 nitrogen and oxygen atoms in total. The van der Waals surface area contributed by atoms with Crippen LogP contribution < -0.4 is 0 Å². The van der Waals surface area contributed by atoms with Crippen molar-refractivity contribution in [3.63, 3.8) is 0 Å². The third-order valence-electron chi connectivity index (χ3n) is 2.91. The first-order chi connectivity index (χ1) is 9.56. The monoisotopic (exact) mass is 274 g/mol. The van der Waals surface area contributed by atoms with Gasteiger partial charge < -0.3 is 14.9 Å². The average molecular weight is 274 g/mol. The quantitative estimate of drug-likeness (QED) is 0.816. The molecular formula is C16H22N2O2. The SMILES string of the molecule is CN(C)CCCN(C)C(=O)c1ccccc1C#CCO. The Labute approximate surface area is 121 Å². The second-order valence-corrected chi connectivity index (χ2v) is 4.89. The minimum atomic E-state index is -0.207. The molecule has 4 heteroatoms. The van der Waals surface area contributed by atoms with E-state index in [0.717, 1.165) is 13.0 Å². The van der Waals surface area contributed by atoms with Gasteiger partial charge in [0.15, 0.2) is 0 Å². The third-order valence-corrected chi connectivity index (χ3v) is 2.91. The predicted molar refractivity (Wildman–Crippen MR) is 80.5 cm³/mol. The van der Waals surface area contributed by atoms with Crippen molar-refractivity contribution in [1.29, 1.82) is 0 Å². The van der Waals surface area contributed by atoms with E-state index in [-0.39, 0.29) is 12.5 Å². The normalized spacial score (nSPS) is 10.1. The number of rotatable bonds is 5. The summed E-state index contributed by atoms with van der Waals surface area (Å²) in [4.78, 5) is 16.2. The molecule has 0 unspecified atom stereocenters. The van der Waals surface area contributed by atoms with E-state index in [2.05, 4.69) is 16.7 Å². The van der Waals surface area contributed by atoms with E-state index in [1.807, 2.05) is 26.2 Å². The maximum absolute atomic E-state index is 12.4. The number of aliphatic hydroxyl groups excluding tert-OH is 1. The maximum atomic E-state index is 12.4. The van der Waals surface area contributed by atoms with E-state index >= 15 is 0 Å². The Balaban J connectivity index is 2.76. The van der Waals surface area contributed by atoms with Crippen LogP contribution in [-0.2, 0) is 0 Å². The van der Waals surface area contributed by atoms with Gasteiger partial charge in [0.2, 0.25) is 0 Å². The Morgan fingerprint density at radius 2 is 1.90 bits per heavy atom. The number of carbonyl (C=O) groups is 1. The lowest BCUT2D eigenvalue weighted by atomic mass is 10.1. The Hall–Kier alpha value is -1.83. The molecule has 108 valence electrons. The standard InChI is InChI=1S/C16H22N2O2/c1-17(2)11-7-12-18(3)16(20)15-10-5-4-8-14(15)9-6-13-19/h4-5,8,10,19H,7,11-13H2,1-3H3. The topological polar surface area (TPSA) is 43.8 Å². The Morgan fingerprint density at radius 1 is 1.20 bits per heavy atom. The van der Waals surface area contributed by atoms with Crippen LogP contribution >= 0.6 is 0 Å². The second-order valence-electron chi connectivity index (χ2n) is 4.89. The predicted octanol–water partition coefficient (Wildman–Crippen LogP) is 1.05. The zero-order chi connectivity index (χ0) is 15.0. The molecule has 1 rings (SSSR count). The molecule has 0 saturated heterocycles. The van der Waals surface area contributed by atoms with E-state index in [1.165, 1.54) is 0 Å². The highest BCUT2D eigenvalue weighted by Crippen LogP contribution is 2.10. The number of amides is 1.